The van der Waals surface area contributed by atoms with Gasteiger partial charge in [-0.05, 0) is 24.2 Å². The average Bonchev–Trinajstić information content (AvgIpc) is 2.86. The third kappa shape index (κ3) is 2.98. The molecule has 1 heterocycles. The first kappa shape index (κ1) is 14.5. The van der Waals surface area contributed by atoms with Gasteiger partial charge >= 0.3 is 0 Å². The van der Waals surface area contributed by atoms with Gasteiger partial charge in [0.25, 0.3) is 0 Å². The zero-order valence-corrected chi connectivity index (χ0v) is 12.7. The summed E-state index contributed by atoms with van der Waals surface area (Å²) in [7, 11) is 0. The highest BCUT2D eigenvalue weighted by Gasteiger charge is 2.44. The minimum absolute atomic E-state index is 0.0462. The topological polar surface area (TPSA) is 68.0 Å². The number of carbonyl (C=O) groups is 1. The van der Waals surface area contributed by atoms with E-state index >= 15 is 0 Å². The lowest BCUT2D eigenvalue weighted by molar-refractivity contribution is -0.132. The number of nitrogens with zero attached hydrogens (tertiary/aromatic N) is 1. The van der Waals surface area contributed by atoms with Crippen LogP contribution in [-0.4, -0.2) is 16.9 Å². The first-order chi connectivity index (χ1) is 8.93. The Labute approximate surface area is 118 Å². The first-order valence-electron chi connectivity index (χ1n) is 6.83. The van der Waals surface area contributed by atoms with Crippen LogP contribution in [0.2, 0.25) is 0 Å². The Balaban J connectivity index is 1.98. The summed E-state index contributed by atoms with van der Waals surface area (Å²) in [5, 5.41) is 3.04. The molecule has 4 nitrogen and oxygen atoms in total. The number of nitrogens with two attached hydrogens (primary N) is 1. The molecule has 5 heteroatoms. The quantitative estimate of drug-likeness (QED) is 0.892. The normalized spacial score (nSPS) is 30.0. The highest BCUT2D eigenvalue weighted by Crippen LogP contribution is 2.44. The summed E-state index contributed by atoms with van der Waals surface area (Å²) in [6.45, 7) is 7.06. The molecule has 106 valence electrons. The minimum Gasteiger partial charge on any atom is -0.351 e. The molecule has 0 radical (unpaired) electrons. The van der Waals surface area contributed by atoms with Gasteiger partial charge in [0.05, 0.1) is 12.1 Å². The van der Waals surface area contributed by atoms with E-state index in [1.54, 1.807) is 23.0 Å². The van der Waals surface area contributed by atoms with E-state index in [0.29, 0.717) is 12.5 Å². The molecule has 1 aliphatic rings. The molecule has 1 aliphatic carbocycles. The number of amides is 1. The molecule has 1 fully saturated rings. The SMILES string of the molecule is CC1C(N)CCC(C(=O)NCc2cncs2)C1(C)C. The van der Waals surface area contributed by atoms with E-state index in [4.69, 9.17) is 5.73 Å². The van der Waals surface area contributed by atoms with Gasteiger partial charge in [-0.2, -0.15) is 0 Å². The van der Waals surface area contributed by atoms with Crippen molar-refractivity contribution in [3.63, 3.8) is 0 Å². The Morgan fingerprint density at radius 3 is 2.95 bits per heavy atom. The van der Waals surface area contributed by atoms with Gasteiger partial charge in [0, 0.05) is 23.0 Å². The smallest absolute Gasteiger partial charge is 0.223 e. The van der Waals surface area contributed by atoms with Crippen molar-refractivity contribution in [2.45, 2.75) is 46.2 Å². The second-order valence-electron chi connectivity index (χ2n) is 6.09. The molecule has 0 aliphatic heterocycles. The van der Waals surface area contributed by atoms with Gasteiger partial charge in [0.2, 0.25) is 5.91 Å². The van der Waals surface area contributed by atoms with E-state index in [0.717, 1.165) is 17.7 Å². The molecule has 0 bridgehead atoms. The van der Waals surface area contributed by atoms with Crippen molar-refractivity contribution in [1.82, 2.24) is 10.3 Å². The Bertz CT molecular complexity index is 430. The summed E-state index contributed by atoms with van der Waals surface area (Å²) in [6, 6.07) is 0.209. The van der Waals surface area contributed by atoms with Crippen molar-refractivity contribution in [3.05, 3.63) is 16.6 Å². The van der Waals surface area contributed by atoms with Gasteiger partial charge in [-0.1, -0.05) is 20.8 Å². The van der Waals surface area contributed by atoms with Crippen molar-refractivity contribution < 1.29 is 4.79 Å². The summed E-state index contributed by atoms with van der Waals surface area (Å²) >= 11 is 1.57. The van der Waals surface area contributed by atoms with E-state index < -0.39 is 0 Å². The van der Waals surface area contributed by atoms with Gasteiger partial charge in [-0.25, -0.2) is 0 Å². The summed E-state index contributed by atoms with van der Waals surface area (Å²) in [4.78, 5) is 17.5. The number of nitrogens with one attached hydrogen (secondary N) is 1. The third-order valence-electron chi connectivity index (χ3n) is 4.74. The van der Waals surface area contributed by atoms with E-state index in [9.17, 15) is 4.79 Å². The molecule has 2 rings (SSSR count). The van der Waals surface area contributed by atoms with Crippen LogP contribution in [0.1, 0.15) is 38.5 Å². The molecule has 3 unspecified atom stereocenters. The Morgan fingerprint density at radius 2 is 2.32 bits per heavy atom. The monoisotopic (exact) mass is 281 g/mol. The lowest BCUT2D eigenvalue weighted by Crippen LogP contribution is -2.51. The van der Waals surface area contributed by atoms with Gasteiger partial charge in [0.1, 0.15) is 0 Å². The molecular formula is C14H23N3OS. The zero-order valence-electron chi connectivity index (χ0n) is 11.8. The summed E-state index contributed by atoms with van der Waals surface area (Å²) in [5.41, 5.74) is 7.87. The molecule has 0 aromatic carbocycles. The maximum atomic E-state index is 12.4. The second-order valence-corrected chi connectivity index (χ2v) is 7.06. The average molecular weight is 281 g/mol. The molecule has 1 aromatic rings. The van der Waals surface area contributed by atoms with Crippen LogP contribution in [0, 0.1) is 17.3 Å². The number of hydrogen-bond acceptors (Lipinski definition) is 4. The van der Waals surface area contributed by atoms with Crippen molar-refractivity contribution >= 4 is 17.2 Å². The van der Waals surface area contributed by atoms with Crippen LogP contribution in [0.15, 0.2) is 11.7 Å². The van der Waals surface area contributed by atoms with E-state index in [2.05, 4.69) is 31.1 Å². The molecule has 3 N–H and O–H groups in total. The minimum atomic E-state index is -0.0462. The van der Waals surface area contributed by atoms with Gasteiger partial charge < -0.3 is 11.1 Å². The Morgan fingerprint density at radius 1 is 1.58 bits per heavy atom. The lowest BCUT2D eigenvalue weighted by Gasteiger charge is -2.46. The maximum Gasteiger partial charge on any atom is 0.223 e. The fourth-order valence-corrected chi connectivity index (χ4v) is 3.48. The molecule has 19 heavy (non-hydrogen) atoms. The first-order valence-corrected chi connectivity index (χ1v) is 7.71. The summed E-state index contributed by atoms with van der Waals surface area (Å²) in [5.74, 6) is 0.563. The van der Waals surface area contributed by atoms with E-state index in [1.807, 2.05) is 0 Å². The van der Waals surface area contributed by atoms with E-state index in [-0.39, 0.29) is 23.3 Å². The maximum absolute atomic E-state index is 12.4. The van der Waals surface area contributed by atoms with Crippen LogP contribution in [0.5, 0.6) is 0 Å². The number of thiazole rings is 1. The van der Waals surface area contributed by atoms with Gasteiger partial charge in [-0.3, -0.25) is 9.78 Å². The van der Waals surface area contributed by atoms with Crippen molar-refractivity contribution in [3.8, 4) is 0 Å². The molecule has 1 saturated carbocycles. The zero-order chi connectivity index (χ0) is 14.0. The summed E-state index contributed by atoms with van der Waals surface area (Å²) in [6.07, 6.45) is 3.62. The van der Waals surface area contributed by atoms with Crippen LogP contribution in [0.25, 0.3) is 0 Å². The fraction of sp³-hybridized carbons (Fsp3) is 0.714. The van der Waals surface area contributed by atoms with Crippen LogP contribution in [-0.2, 0) is 11.3 Å². The number of carbonyl (C=O) groups excluding carboxylic acids is 1. The standard InChI is InChI=1S/C14H23N3OS/c1-9-12(15)5-4-11(14(9,2)3)13(18)17-7-10-6-16-8-19-10/h6,8-9,11-12H,4-5,7,15H2,1-3H3,(H,17,18). The van der Waals surface area contributed by atoms with Crippen LogP contribution >= 0.6 is 11.3 Å². The Hall–Kier alpha value is -0.940. The molecule has 1 aromatic heterocycles. The molecule has 1 amide bonds. The second kappa shape index (κ2) is 5.59. The van der Waals surface area contributed by atoms with Crippen molar-refractivity contribution in [1.29, 1.82) is 0 Å². The lowest BCUT2D eigenvalue weighted by atomic mass is 9.61. The largest absolute Gasteiger partial charge is 0.351 e. The molecule has 0 spiro atoms. The number of rotatable bonds is 3. The highest BCUT2D eigenvalue weighted by atomic mass is 32.1. The predicted octanol–water partition coefficient (Wildman–Crippen LogP) is 2.16. The Kier molecular flexibility index (Phi) is 4.26. The highest BCUT2D eigenvalue weighted by molar-refractivity contribution is 7.09. The van der Waals surface area contributed by atoms with Crippen LogP contribution in [0.3, 0.4) is 0 Å². The fourth-order valence-electron chi connectivity index (χ4n) is 2.95. The molecular weight excluding hydrogens is 258 g/mol. The predicted molar refractivity (Wildman–Crippen MR) is 77.6 cm³/mol. The molecule has 0 saturated heterocycles. The van der Waals surface area contributed by atoms with Gasteiger partial charge in [0.15, 0.2) is 0 Å². The van der Waals surface area contributed by atoms with Gasteiger partial charge in [-0.15, -0.1) is 11.3 Å². The summed E-state index contributed by atoms with van der Waals surface area (Å²) < 4.78 is 0. The number of aromatic nitrogens is 1. The molecule has 3 atom stereocenters. The van der Waals surface area contributed by atoms with Crippen LogP contribution < -0.4 is 11.1 Å². The van der Waals surface area contributed by atoms with Crippen LogP contribution in [0.4, 0.5) is 0 Å². The van der Waals surface area contributed by atoms with Crippen molar-refractivity contribution in [2.24, 2.45) is 23.0 Å². The van der Waals surface area contributed by atoms with Crippen molar-refractivity contribution in [2.75, 3.05) is 0 Å². The number of hydrogen-bond donors (Lipinski definition) is 2. The third-order valence-corrected chi connectivity index (χ3v) is 5.52. The van der Waals surface area contributed by atoms with E-state index in [1.165, 1.54) is 0 Å².